The Morgan fingerprint density at radius 3 is 2.55 bits per heavy atom. The molecular weight excluding hydrogens is 325 g/mol. The lowest BCUT2D eigenvalue weighted by atomic mass is 10.1. The lowest BCUT2D eigenvalue weighted by Gasteiger charge is -2.11. The number of halogens is 4. The molecule has 1 aromatic heterocycles. The molecular formula is C12H10ClF3N4O2. The van der Waals surface area contributed by atoms with Gasteiger partial charge in [0.15, 0.2) is 5.69 Å². The highest BCUT2D eigenvalue weighted by Gasteiger charge is 2.32. The van der Waals surface area contributed by atoms with Crippen molar-refractivity contribution >= 4 is 17.5 Å². The van der Waals surface area contributed by atoms with Gasteiger partial charge in [0.2, 0.25) is 5.95 Å². The maximum atomic E-state index is 12.2. The lowest BCUT2D eigenvalue weighted by Crippen LogP contribution is -2.24. The van der Waals surface area contributed by atoms with Gasteiger partial charge in [0, 0.05) is 19.7 Å². The minimum absolute atomic E-state index is 0.0399. The Hall–Kier alpha value is -2.29. The van der Waals surface area contributed by atoms with Crippen molar-refractivity contribution in [1.82, 2.24) is 14.8 Å². The Morgan fingerprint density at radius 1 is 1.32 bits per heavy atom. The standard InChI is InChI=1S/C12H10ClF3N4O2/c1-17-11-19-18-9(10(21)20(11)2)6-3-4-8(7(13)5-6)22-12(14,15)16/h3-5H,1-2H3,(H,17,19). The topological polar surface area (TPSA) is 69.0 Å². The van der Waals surface area contributed by atoms with E-state index >= 15 is 0 Å². The number of ether oxygens (including phenoxy) is 1. The molecule has 0 amide bonds. The molecule has 0 atom stereocenters. The summed E-state index contributed by atoms with van der Waals surface area (Å²) in [4.78, 5) is 12.1. The lowest BCUT2D eigenvalue weighted by molar-refractivity contribution is -0.274. The van der Waals surface area contributed by atoms with Crippen LogP contribution in [0.15, 0.2) is 23.0 Å². The van der Waals surface area contributed by atoms with E-state index in [1.165, 1.54) is 17.7 Å². The number of alkyl halides is 3. The Balaban J connectivity index is 2.45. The minimum Gasteiger partial charge on any atom is -0.404 e. The Morgan fingerprint density at radius 2 is 2.00 bits per heavy atom. The van der Waals surface area contributed by atoms with Gasteiger partial charge in [-0.3, -0.25) is 9.36 Å². The summed E-state index contributed by atoms with van der Waals surface area (Å²) >= 11 is 5.74. The van der Waals surface area contributed by atoms with Crippen molar-refractivity contribution in [2.45, 2.75) is 6.36 Å². The number of nitrogens with one attached hydrogen (secondary N) is 1. The average molecular weight is 335 g/mol. The maximum Gasteiger partial charge on any atom is 0.573 e. The van der Waals surface area contributed by atoms with Crippen molar-refractivity contribution in [2.24, 2.45) is 7.05 Å². The minimum atomic E-state index is -4.85. The quantitative estimate of drug-likeness (QED) is 0.933. The van der Waals surface area contributed by atoms with Crippen LogP contribution in [0.5, 0.6) is 5.75 Å². The summed E-state index contributed by atoms with van der Waals surface area (Å²) in [5.74, 6) is -0.314. The second kappa shape index (κ2) is 5.84. The number of aromatic nitrogens is 3. The summed E-state index contributed by atoms with van der Waals surface area (Å²) in [6, 6.07) is 3.42. The van der Waals surface area contributed by atoms with Gasteiger partial charge in [-0.2, -0.15) is 0 Å². The molecule has 22 heavy (non-hydrogen) atoms. The van der Waals surface area contributed by atoms with Crippen LogP contribution in [0.1, 0.15) is 0 Å². The van der Waals surface area contributed by atoms with Crippen LogP contribution in [-0.4, -0.2) is 28.2 Å². The van der Waals surface area contributed by atoms with E-state index in [0.29, 0.717) is 0 Å². The monoisotopic (exact) mass is 334 g/mol. The highest BCUT2D eigenvalue weighted by atomic mass is 35.5. The van der Waals surface area contributed by atoms with E-state index in [-0.39, 0.29) is 22.2 Å². The number of hydrogen-bond acceptors (Lipinski definition) is 5. The Kier molecular flexibility index (Phi) is 4.27. The third-order valence-corrected chi connectivity index (χ3v) is 3.02. The van der Waals surface area contributed by atoms with Gasteiger partial charge in [-0.15, -0.1) is 23.4 Å². The van der Waals surface area contributed by atoms with Crippen molar-refractivity contribution in [1.29, 1.82) is 0 Å². The number of hydrogen-bond donors (Lipinski definition) is 1. The van der Waals surface area contributed by atoms with Crippen LogP contribution in [0.4, 0.5) is 19.1 Å². The zero-order chi connectivity index (χ0) is 16.5. The number of rotatable bonds is 3. The van der Waals surface area contributed by atoms with Crippen LogP contribution in [0.3, 0.4) is 0 Å². The van der Waals surface area contributed by atoms with Crippen LogP contribution >= 0.6 is 11.6 Å². The first-order valence-corrected chi connectivity index (χ1v) is 6.28. The predicted molar refractivity (Wildman–Crippen MR) is 73.9 cm³/mol. The molecule has 0 unspecified atom stereocenters. The molecule has 0 aliphatic carbocycles. The van der Waals surface area contributed by atoms with Crippen LogP contribution in [0, 0.1) is 0 Å². The summed E-state index contributed by atoms with van der Waals surface area (Å²) < 4.78 is 41.5. The molecule has 0 radical (unpaired) electrons. The van der Waals surface area contributed by atoms with E-state index in [0.717, 1.165) is 12.1 Å². The van der Waals surface area contributed by atoms with Gasteiger partial charge in [0.1, 0.15) is 5.75 Å². The van der Waals surface area contributed by atoms with Gasteiger partial charge >= 0.3 is 6.36 Å². The first kappa shape index (κ1) is 16.1. The largest absolute Gasteiger partial charge is 0.573 e. The molecule has 0 aliphatic rings. The van der Waals surface area contributed by atoms with Crippen LogP contribution in [0.2, 0.25) is 5.02 Å². The second-order valence-corrected chi connectivity index (χ2v) is 4.59. The number of benzene rings is 1. The van der Waals surface area contributed by atoms with Crippen molar-refractivity contribution in [3.05, 3.63) is 33.6 Å². The van der Waals surface area contributed by atoms with Crippen molar-refractivity contribution < 1.29 is 17.9 Å². The van der Waals surface area contributed by atoms with Crippen molar-refractivity contribution in [3.63, 3.8) is 0 Å². The Bertz CT molecular complexity index is 761. The van der Waals surface area contributed by atoms with E-state index < -0.39 is 17.7 Å². The van der Waals surface area contributed by atoms with Crippen LogP contribution in [0.25, 0.3) is 11.3 Å². The molecule has 1 N–H and O–H groups in total. The SMILES string of the molecule is CNc1nnc(-c2ccc(OC(F)(F)F)c(Cl)c2)c(=O)n1C. The van der Waals surface area contributed by atoms with E-state index in [9.17, 15) is 18.0 Å². The van der Waals surface area contributed by atoms with Gasteiger partial charge < -0.3 is 10.1 Å². The van der Waals surface area contributed by atoms with E-state index in [1.54, 1.807) is 7.05 Å². The van der Waals surface area contributed by atoms with Gasteiger partial charge in [-0.1, -0.05) is 11.6 Å². The van der Waals surface area contributed by atoms with Gasteiger partial charge in [0.25, 0.3) is 5.56 Å². The molecule has 0 bridgehead atoms. The molecule has 1 heterocycles. The molecule has 6 nitrogen and oxygen atoms in total. The smallest absolute Gasteiger partial charge is 0.404 e. The van der Waals surface area contributed by atoms with Crippen molar-refractivity contribution in [3.8, 4) is 17.0 Å². The normalized spacial score (nSPS) is 11.4. The predicted octanol–water partition coefficient (Wildman–Crippen LogP) is 2.44. The fourth-order valence-corrected chi connectivity index (χ4v) is 1.94. The Labute approximate surface area is 127 Å². The molecule has 1 aromatic carbocycles. The molecule has 2 aromatic rings. The first-order valence-electron chi connectivity index (χ1n) is 5.90. The van der Waals surface area contributed by atoms with E-state index in [4.69, 9.17) is 11.6 Å². The summed E-state index contributed by atoms with van der Waals surface area (Å²) in [5.41, 5.74) is -0.280. The number of anilines is 1. The summed E-state index contributed by atoms with van der Waals surface area (Å²) in [6.07, 6.45) is -4.85. The van der Waals surface area contributed by atoms with E-state index in [2.05, 4.69) is 20.3 Å². The van der Waals surface area contributed by atoms with Crippen LogP contribution < -0.4 is 15.6 Å². The molecule has 0 saturated carbocycles. The highest BCUT2D eigenvalue weighted by molar-refractivity contribution is 6.32. The third kappa shape index (κ3) is 3.30. The zero-order valence-electron chi connectivity index (χ0n) is 11.4. The number of nitrogens with zero attached hydrogens (tertiary/aromatic N) is 3. The second-order valence-electron chi connectivity index (χ2n) is 4.18. The highest BCUT2D eigenvalue weighted by Crippen LogP contribution is 2.32. The molecule has 0 aliphatic heterocycles. The van der Waals surface area contributed by atoms with E-state index in [1.807, 2.05) is 0 Å². The molecule has 118 valence electrons. The van der Waals surface area contributed by atoms with Crippen molar-refractivity contribution in [2.75, 3.05) is 12.4 Å². The fraction of sp³-hybridized carbons (Fsp3) is 0.250. The average Bonchev–Trinajstić information content (AvgIpc) is 2.43. The van der Waals surface area contributed by atoms with Gasteiger partial charge in [-0.05, 0) is 18.2 Å². The maximum absolute atomic E-state index is 12.2. The fourth-order valence-electron chi connectivity index (χ4n) is 1.72. The molecule has 0 saturated heterocycles. The zero-order valence-corrected chi connectivity index (χ0v) is 12.2. The molecule has 0 spiro atoms. The summed E-state index contributed by atoms with van der Waals surface area (Å²) in [6.45, 7) is 0. The van der Waals surface area contributed by atoms with Gasteiger partial charge in [-0.25, -0.2) is 0 Å². The molecule has 0 fully saturated rings. The molecule has 2 rings (SSSR count). The first-order chi connectivity index (χ1) is 10.2. The van der Waals surface area contributed by atoms with Gasteiger partial charge in [0.05, 0.1) is 5.02 Å². The molecule has 10 heteroatoms. The third-order valence-electron chi connectivity index (χ3n) is 2.72. The van der Waals surface area contributed by atoms with Crippen LogP contribution in [-0.2, 0) is 7.05 Å². The summed E-state index contributed by atoms with van der Waals surface area (Å²) in [7, 11) is 3.05. The summed E-state index contributed by atoms with van der Waals surface area (Å²) in [5, 5.41) is 9.94.